The molecule has 0 amide bonds. The van der Waals surface area contributed by atoms with Crippen LogP contribution >= 0.6 is 0 Å². The molecule has 2 heteroatoms. The Labute approximate surface area is 198 Å². The fraction of sp³-hybridized carbons (Fsp3) is 1.00. The van der Waals surface area contributed by atoms with Gasteiger partial charge in [0.25, 0.3) is 0 Å². The van der Waals surface area contributed by atoms with Crippen molar-refractivity contribution in [1.29, 1.82) is 0 Å². The summed E-state index contributed by atoms with van der Waals surface area (Å²) in [4.78, 5) is 0. The zero-order valence-electron chi connectivity index (χ0n) is 22.4. The van der Waals surface area contributed by atoms with Gasteiger partial charge in [-0.25, -0.2) is 0 Å². The lowest BCUT2D eigenvalue weighted by Crippen LogP contribution is -2.47. The van der Waals surface area contributed by atoms with Gasteiger partial charge >= 0.3 is 0 Å². The van der Waals surface area contributed by atoms with Crippen molar-refractivity contribution in [3.8, 4) is 0 Å². The molecular formula is C29H62NO+. The second-order valence-electron chi connectivity index (χ2n) is 10.8. The average Bonchev–Trinajstić information content (AvgIpc) is 2.75. The zero-order valence-corrected chi connectivity index (χ0v) is 22.4. The minimum Gasteiger partial charge on any atom is -0.393 e. The Morgan fingerprint density at radius 3 is 1.06 bits per heavy atom. The first kappa shape index (κ1) is 30.9. The molecule has 31 heavy (non-hydrogen) atoms. The Kier molecular flexibility index (Phi) is 23.0. The Morgan fingerprint density at radius 1 is 0.484 bits per heavy atom. The molecule has 0 spiro atoms. The summed E-state index contributed by atoms with van der Waals surface area (Å²) in [6, 6.07) is 0. The van der Waals surface area contributed by atoms with Crippen molar-refractivity contribution in [2.24, 2.45) is 0 Å². The largest absolute Gasteiger partial charge is 0.393 e. The van der Waals surface area contributed by atoms with Crippen LogP contribution in [0.1, 0.15) is 156 Å². The van der Waals surface area contributed by atoms with Crippen molar-refractivity contribution in [1.82, 2.24) is 0 Å². The molecule has 0 aromatic rings. The molecule has 0 radical (unpaired) electrons. The topological polar surface area (TPSA) is 20.2 Å². The van der Waals surface area contributed by atoms with E-state index in [0.717, 1.165) is 13.0 Å². The van der Waals surface area contributed by atoms with Crippen LogP contribution in [0.4, 0.5) is 0 Å². The highest BCUT2D eigenvalue weighted by atomic mass is 16.3. The van der Waals surface area contributed by atoms with Gasteiger partial charge in [-0.2, -0.15) is 0 Å². The number of quaternary nitrogens is 1. The summed E-state index contributed by atoms with van der Waals surface area (Å²) < 4.78 is 1.18. The van der Waals surface area contributed by atoms with Crippen molar-refractivity contribution in [2.75, 3.05) is 26.7 Å². The molecule has 0 saturated heterocycles. The summed E-state index contributed by atoms with van der Waals surface area (Å²) in [6.45, 7) is 10.3. The van der Waals surface area contributed by atoms with E-state index >= 15 is 0 Å². The Bertz CT molecular complexity index is 318. The normalized spacial score (nSPS) is 13.1. The van der Waals surface area contributed by atoms with Crippen LogP contribution in [-0.4, -0.2) is 42.4 Å². The molecule has 0 heterocycles. The maximum atomic E-state index is 9.80. The molecule has 0 aromatic carbocycles. The second-order valence-corrected chi connectivity index (χ2v) is 10.8. The Balaban J connectivity index is 3.84. The molecule has 0 bridgehead atoms. The van der Waals surface area contributed by atoms with Crippen molar-refractivity contribution in [3.05, 3.63) is 0 Å². The van der Waals surface area contributed by atoms with Gasteiger partial charge < -0.3 is 9.59 Å². The van der Waals surface area contributed by atoms with Gasteiger partial charge in [-0.05, 0) is 32.6 Å². The zero-order chi connectivity index (χ0) is 23.0. The lowest BCUT2D eigenvalue weighted by molar-refractivity contribution is -0.910. The van der Waals surface area contributed by atoms with E-state index in [1.54, 1.807) is 0 Å². The first-order valence-electron chi connectivity index (χ1n) is 14.6. The SMILES string of the molecule is CCCCCCCCCCCC[N+](C)(CCCCCCCCCCCC)CCC(C)O. The van der Waals surface area contributed by atoms with Gasteiger partial charge in [0, 0.05) is 6.42 Å². The lowest BCUT2D eigenvalue weighted by atomic mass is 10.1. The van der Waals surface area contributed by atoms with Crippen molar-refractivity contribution in [3.63, 3.8) is 0 Å². The van der Waals surface area contributed by atoms with Gasteiger partial charge in [0.1, 0.15) is 0 Å². The first-order valence-corrected chi connectivity index (χ1v) is 14.6. The van der Waals surface area contributed by atoms with Gasteiger partial charge in [0.2, 0.25) is 0 Å². The van der Waals surface area contributed by atoms with Crippen LogP contribution in [0.15, 0.2) is 0 Å². The van der Waals surface area contributed by atoms with Crippen LogP contribution in [0.2, 0.25) is 0 Å². The smallest absolute Gasteiger partial charge is 0.0809 e. The summed E-state index contributed by atoms with van der Waals surface area (Å²) in [7, 11) is 2.45. The summed E-state index contributed by atoms with van der Waals surface area (Å²) in [5.41, 5.74) is 0. The van der Waals surface area contributed by atoms with Crippen LogP contribution in [0.5, 0.6) is 0 Å². The van der Waals surface area contributed by atoms with Crippen LogP contribution in [0, 0.1) is 0 Å². The van der Waals surface area contributed by atoms with Crippen LogP contribution in [0.3, 0.4) is 0 Å². The third-order valence-electron chi connectivity index (χ3n) is 7.19. The van der Waals surface area contributed by atoms with Crippen molar-refractivity contribution in [2.45, 2.75) is 162 Å². The predicted molar refractivity (Wildman–Crippen MR) is 141 cm³/mol. The first-order chi connectivity index (χ1) is 15.0. The van der Waals surface area contributed by atoms with E-state index < -0.39 is 0 Å². The van der Waals surface area contributed by atoms with Crippen molar-refractivity contribution >= 4 is 0 Å². The molecule has 2 nitrogen and oxygen atoms in total. The molecule has 0 aromatic heterocycles. The molecule has 0 saturated carbocycles. The number of hydrogen-bond acceptors (Lipinski definition) is 1. The molecule has 0 aliphatic carbocycles. The average molecular weight is 441 g/mol. The van der Waals surface area contributed by atoms with E-state index in [4.69, 9.17) is 0 Å². The van der Waals surface area contributed by atoms with E-state index in [1.807, 2.05) is 6.92 Å². The fourth-order valence-corrected chi connectivity index (χ4v) is 4.80. The summed E-state index contributed by atoms with van der Waals surface area (Å²) in [6.07, 6.45) is 29.1. The molecule has 1 atom stereocenters. The number of aliphatic hydroxyl groups is 1. The van der Waals surface area contributed by atoms with E-state index in [2.05, 4.69) is 20.9 Å². The van der Waals surface area contributed by atoms with Gasteiger partial charge in [-0.15, -0.1) is 0 Å². The molecule has 0 rings (SSSR count). The Morgan fingerprint density at radius 2 is 0.774 bits per heavy atom. The summed E-state index contributed by atoms with van der Waals surface area (Å²) in [5.74, 6) is 0. The highest BCUT2D eigenvalue weighted by molar-refractivity contribution is 4.53. The number of nitrogens with zero attached hydrogens (tertiary/aromatic N) is 1. The summed E-state index contributed by atoms with van der Waals surface area (Å²) in [5, 5.41) is 9.80. The highest BCUT2D eigenvalue weighted by Gasteiger charge is 2.21. The van der Waals surface area contributed by atoms with Gasteiger partial charge in [-0.1, -0.05) is 117 Å². The lowest BCUT2D eigenvalue weighted by Gasteiger charge is -2.35. The monoisotopic (exact) mass is 440 g/mol. The van der Waals surface area contributed by atoms with E-state index in [-0.39, 0.29) is 6.10 Å². The quantitative estimate of drug-likeness (QED) is 0.111. The summed E-state index contributed by atoms with van der Waals surface area (Å²) >= 11 is 0. The molecule has 1 N–H and O–H groups in total. The number of rotatable bonds is 25. The van der Waals surface area contributed by atoms with E-state index in [1.165, 1.54) is 146 Å². The van der Waals surface area contributed by atoms with Crippen molar-refractivity contribution < 1.29 is 9.59 Å². The number of unbranched alkanes of at least 4 members (excludes halogenated alkanes) is 18. The molecular weight excluding hydrogens is 378 g/mol. The predicted octanol–water partition coefficient (Wildman–Crippen LogP) is 9.05. The van der Waals surface area contributed by atoms with E-state index in [9.17, 15) is 5.11 Å². The standard InChI is InChI=1S/C29H62NO/c1-5-7-9-11-13-15-17-19-21-23-26-30(4,28-25-29(3)31)27-24-22-20-18-16-14-12-10-8-6-2/h29,31H,5-28H2,1-4H3/q+1. The molecule has 0 fully saturated rings. The van der Waals surface area contributed by atoms with Crippen LogP contribution in [-0.2, 0) is 0 Å². The van der Waals surface area contributed by atoms with Crippen LogP contribution in [0.25, 0.3) is 0 Å². The number of aliphatic hydroxyl groups excluding tert-OH is 1. The minimum absolute atomic E-state index is 0.155. The molecule has 1 unspecified atom stereocenters. The fourth-order valence-electron chi connectivity index (χ4n) is 4.80. The molecule has 0 aliphatic rings. The third-order valence-corrected chi connectivity index (χ3v) is 7.19. The van der Waals surface area contributed by atoms with Crippen LogP contribution < -0.4 is 0 Å². The maximum Gasteiger partial charge on any atom is 0.0809 e. The Hall–Kier alpha value is -0.0800. The minimum atomic E-state index is -0.155. The second kappa shape index (κ2) is 23.1. The van der Waals surface area contributed by atoms with Gasteiger partial charge in [0.15, 0.2) is 0 Å². The maximum absolute atomic E-state index is 9.80. The van der Waals surface area contributed by atoms with Gasteiger partial charge in [0.05, 0.1) is 32.8 Å². The number of hydrogen-bond donors (Lipinski definition) is 1. The third kappa shape index (κ3) is 22.9. The molecule has 0 aliphatic heterocycles. The highest BCUT2D eigenvalue weighted by Crippen LogP contribution is 2.16. The molecule has 188 valence electrons. The van der Waals surface area contributed by atoms with E-state index in [0.29, 0.717) is 0 Å². The van der Waals surface area contributed by atoms with Gasteiger partial charge in [-0.3, -0.25) is 0 Å².